The van der Waals surface area contributed by atoms with E-state index in [1.54, 1.807) is 0 Å². The monoisotopic (exact) mass is 331 g/mol. The molecule has 0 aliphatic heterocycles. The Labute approximate surface area is 122 Å². The molecule has 1 aromatic heterocycles. The first-order chi connectivity index (χ1) is 8.90. The van der Waals surface area contributed by atoms with E-state index in [1.807, 2.05) is 30.4 Å². The van der Waals surface area contributed by atoms with Crippen molar-refractivity contribution < 1.29 is 9.90 Å². The number of carbonyl (C=O) groups is 1. The second-order valence-electron chi connectivity index (χ2n) is 4.77. The molecule has 0 unspecified atom stereocenters. The van der Waals surface area contributed by atoms with Gasteiger partial charge in [0, 0.05) is 19.1 Å². The molecule has 0 amide bonds. The number of aliphatic carboxylic acids is 1. The normalized spacial score (nSPS) is 11.5. The molecule has 0 saturated carbocycles. The van der Waals surface area contributed by atoms with Gasteiger partial charge in [0.15, 0.2) is 0 Å². The third-order valence-electron chi connectivity index (χ3n) is 3.12. The molecule has 0 spiro atoms. The Bertz CT molecular complexity index is 443. The first-order valence-corrected chi connectivity index (χ1v) is 7.39. The summed E-state index contributed by atoms with van der Waals surface area (Å²) in [4.78, 5) is 12.9. The third kappa shape index (κ3) is 4.04. The second kappa shape index (κ2) is 7.05. The molecule has 1 heterocycles. The van der Waals surface area contributed by atoms with Crippen LogP contribution < -0.4 is 0 Å². The highest BCUT2D eigenvalue weighted by Gasteiger charge is 2.20. The Hall–Kier alpha value is -0.880. The number of hydrogen-bond acceptors (Lipinski definition) is 3. The van der Waals surface area contributed by atoms with Gasteiger partial charge in [-0.25, -0.2) is 0 Å². The fraction of sp³-hybridized carbons (Fsp3) is 0.692. The van der Waals surface area contributed by atoms with E-state index in [9.17, 15) is 4.79 Å². The van der Waals surface area contributed by atoms with E-state index in [-0.39, 0.29) is 12.6 Å². The van der Waals surface area contributed by atoms with Crippen LogP contribution in [0.5, 0.6) is 0 Å². The lowest BCUT2D eigenvalue weighted by atomic mass is 10.2. The van der Waals surface area contributed by atoms with Gasteiger partial charge in [-0.3, -0.25) is 14.4 Å². The van der Waals surface area contributed by atoms with Crippen LogP contribution in [0.4, 0.5) is 0 Å². The molecule has 1 aromatic rings. The summed E-state index contributed by atoms with van der Waals surface area (Å²) in [6.07, 6.45) is 0.862. The molecule has 0 aliphatic carbocycles. The molecule has 1 rings (SSSR count). The van der Waals surface area contributed by atoms with Gasteiger partial charge in [-0.05, 0) is 43.1 Å². The van der Waals surface area contributed by atoms with Crippen LogP contribution >= 0.6 is 15.9 Å². The molecule has 19 heavy (non-hydrogen) atoms. The number of carboxylic acids is 1. The predicted octanol–water partition coefficient (Wildman–Crippen LogP) is 2.52. The van der Waals surface area contributed by atoms with Crippen molar-refractivity contribution in [3.8, 4) is 0 Å². The van der Waals surface area contributed by atoms with Crippen LogP contribution in [0.15, 0.2) is 4.47 Å². The van der Waals surface area contributed by atoms with Crippen molar-refractivity contribution in [1.82, 2.24) is 14.7 Å². The summed E-state index contributed by atoms with van der Waals surface area (Å²) in [7, 11) is 0. The smallest absolute Gasteiger partial charge is 0.317 e. The lowest BCUT2D eigenvalue weighted by Crippen LogP contribution is -2.35. The maximum absolute atomic E-state index is 10.9. The average molecular weight is 332 g/mol. The van der Waals surface area contributed by atoms with E-state index < -0.39 is 5.97 Å². The highest BCUT2D eigenvalue weighted by molar-refractivity contribution is 9.10. The molecule has 0 saturated heterocycles. The van der Waals surface area contributed by atoms with Gasteiger partial charge in [-0.1, -0.05) is 6.92 Å². The van der Waals surface area contributed by atoms with Gasteiger partial charge in [-0.2, -0.15) is 5.10 Å². The number of nitrogens with zero attached hydrogens (tertiary/aromatic N) is 3. The minimum Gasteiger partial charge on any atom is -0.480 e. The van der Waals surface area contributed by atoms with E-state index in [0.717, 1.165) is 28.8 Å². The maximum atomic E-state index is 10.9. The van der Waals surface area contributed by atoms with Crippen LogP contribution in [-0.2, 0) is 24.3 Å². The molecule has 0 aliphatic rings. The highest BCUT2D eigenvalue weighted by Crippen LogP contribution is 2.24. The molecule has 0 fully saturated rings. The molecule has 1 N–H and O–H groups in total. The SMILES string of the molecule is CCc1nn(CC)c(CN(CC(=O)O)C(C)C)c1Br. The number of halogens is 1. The zero-order valence-electron chi connectivity index (χ0n) is 12.0. The van der Waals surface area contributed by atoms with Crippen LogP contribution in [0.2, 0.25) is 0 Å². The standard InChI is InChI=1S/C13H22BrN3O2/c1-5-10-13(14)11(17(6-2)15-10)7-16(9(3)4)8-12(18)19/h9H,5-8H2,1-4H3,(H,18,19). The number of hydrogen-bond donors (Lipinski definition) is 1. The molecular weight excluding hydrogens is 310 g/mol. The lowest BCUT2D eigenvalue weighted by molar-refractivity contribution is -0.139. The Morgan fingerprint density at radius 2 is 2.11 bits per heavy atom. The van der Waals surface area contributed by atoms with Crippen LogP contribution in [0.25, 0.3) is 0 Å². The van der Waals surface area contributed by atoms with E-state index in [0.29, 0.717) is 6.54 Å². The molecule has 108 valence electrons. The first kappa shape index (κ1) is 16.2. The van der Waals surface area contributed by atoms with Crippen molar-refractivity contribution in [3.05, 3.63) is 15.9 Å². The third-order valence-corrected chi connectivity index (χ3v) is 4.03. The first-order valence-electron chi connectivity index (χ1n) is 6.60. The van der Waals surface area contributed by atoms with Crippen LogP contribution in [0, 0.1) is 0 Å². The van der Waals surface area contributed by atoms with Gasteiger partial charge in [0.1, 0.15) is 0 Å². The number of aryl methyl sites for hydroxylation is 2. The summed E-state index contributed by atoms with van der Waals surface area (Å²) in [5.74, 6) is -0.803. The predicted molar refractivity (Wildman–Crippen MR) is 78.2 cm³/mol. The van der Waals surface area contributed by atoms with Crippen molar-refractivity contribution in [2.45, 2.75) is 53.2 Å². The summed E-state index contributed by atoms with van der Waals surface area (Å²) in [6, 6.07) is 0.174. The number of rotatable bonds is 7. The van der Waals surface area contributed by atoms with Gasteiger partial charge >= 0.3 is 5.97 Å². The van der Waals surface area contributed by atoms with E-state index in [1.165, 1.54) is 0 Å². The summed E-state index contributed by atoms with van der Waals surface area (Å²) in [5, 5.41) is 13.5. The largest absolute Gasteiger partial charge is 0.480 e. The molecule has 6 heteroatoms. The van der Waals surface area contributed by atoms with Crippen molar-refractivity contribution >= 4 is 21.9 Å². The van der Waals surface area contributed by atoms with Crippen LogP contribution in [-0.4, -0.2) is 38.3 Å². The van der Waals surface area contributed by atoms with Crippen LogP contribution in [0.1, 0.15) is 39.1 Å². The van der Waals surface area contributed by atoms with Crippen molar-refractivity contribution in [1.29, 1.82) is 0 Å². The zero-order chi connectivity index (χ0) is 14.6. The minimum atomic E-state index is -0.803. The topological polar surface area (TPSA) is 58.4 Å². The quantitative estimate of drug-likeness (QED) is 0.834. The highest BCUT2D eigenvalue weighted by atomic mass is 79.9. The maximum Gasteiger partial charge on any atom is 0.317 e. The van der Waals surface area contributed by atoms with Crippen molar-refractivity contribution in [3.63, 3.8) is 0 Å². The molecular formula is C13H22BrN3O2. The summed E-state index contributed by atoms with van der Waals surface area (Å²) < 4.78 is 2.95. The van der Waals surface area contributed by atoms with Crippen molar-refractivity contribution in [2.75, 3.05) is 6.54 Å². The molecule has 0 aromatic carbocycles. The Kier molecular flexibility index (Phi) is 6.00. The Morgan fingerprint density at radius 1 is 1.47 bits per heavy atom. The average Bonchev–Trinajstić information content (AvgIpc) is 2.64. The fourth-order valence-electron chi connectivity index (χ4n) is 1.96. The van der Waals surface area contributed by atoms with E-state index in [4.69, 9.17) is 5.11 Å². The Balaban J connectivity index is 3.01. The second-order valence-corrected chi connectivity index (χ2v) is 5.56. The van der Waals surface area contributed by atoms with E-state index in [2.05, 4.69) is 28.0 Å². The van der Waals surface area contributed by atoms with Gasteiger partial charge in [0.2, 0.25) is 0 Å². The van der Waals surface area contributed by atoms with E-state index >= 15 is 0 Å². The lowest BCUT2D eigenvalue weighted by Gasteiger charge is -2.24. The summed E-state index contributed by atoms with van der Waals surface area (Å²) >= 11 is 3.59. The number of carboxylic acid groups (broad SMARTS) is 1. The minimum absolute atomic E-state index is 0.0421. The molecule has 5 nitrogen and oxygen atoms in total. The van der Waals surface area contributed by atoms with Gasteiger partial charge in [0.05, 0.1) is 22.4 Å². The molecule has 0 radical (unpaired) electrons. The van der Waals surface area contributed by atoms with Gasteiger partial charge < -0.3 is 5.11 Å². The van der Waals surface area contributed by atoms with Crippen LogP contribution in [0.3, 0.4) is 0 Å². The molecule has 0 atom stereocenters. The van der Waals surface area contributed by atoms with Crippen molar-refractivity contribution in [2.24, 2.45) is 0 Å². The summed E-state index contributed by atoms with van der Waals surface area (Å²) in [6.45, 7) is 9.53. The Morgan fingerprint density at radius 3 is 2.53 bits per heavy atom. The number of aromatic nitrogens is 2. The van der Waals surface area contributed by atoms with Gasteiger partial charge in [0.25, 0.3) is 0 Å². The van der Waals surface area contributed by atoms with Gasteiger partial charge in [-0.15, -0.1) is 0 Å². The summed E-state index contributed by atoms with van der Waals surface area (Å²) in [5.41, 5.74) is 2.07. The fourth-order valence-corrected chi connectivity index (χ4v) is 2.65. The zero-order valence-corrected chi connectivity index (χ0v) is 13.6. The molecule has 0 bridgehead atoms.